The lowest BCUT2D eigenvalue weighted by molar-refractivity contribution is -0.150. The van der Waals surface area contributed by atoms with Crippen LogP contribution in [0.4, 0.5) is 0 Å². The van der Waals surface area contributed by atoms with Gasteiger partial charge in [-0.1, -0.05) is 12.1 Å². The molecule has 2 aromatic heterocycles. The van der Waals surface area contributed by atoms with Gasteiger partial charge in [0.05, 0.1) is 17.8 Å². The van der Waals surface area contributed by atoms with E-state index in [0.717, 1.165) is 23.2 Å². The highest BCUT2D eigenvalue weighted by molar-refractivity contribution is 5.77. The Morgan fingerprint density at radius 3 is 2.72 bits per heavy atom. The van der Waals surface area contributed by atoms with Gasteiger partial charge in [0.25, 0.3) is 0 Å². The molecule has 3 aromatic rings. The lowest BCUT2D eigenvalue weighted by Crippen LogP contribution is -2.11. The Labute approximate surface area is 145 Å². The second-order valence-corrected chi connectivity index (χ2v) is 6.41. The molecule has 0 N–H and O–H groups in total. The van der Waals surface area contributed by atoms with E-state index in [2.05, 4.69) is 15.2 Å². The molecule has 1 fully saturated rings. The zero-order valence-electron chi connectivity index (χ0n) is 14.1. The first-order valence-corrected chi connectivity index (χ1v) is 8.26. The van der Waals surface area contributed by atoms with E-state index in [1.54, 1.807) is 15.7 Å². The Morgan fingerprint density at radius 1 is 1.28 bits per heavy atom. The smallest absolute Gasteiger partial charge is 0.310 e. The summed E-state index contributed by atoms with van der Waals surface area (Å²) in [5.41, 5.74) is 2.98. The molecular formula is C18H19N5O2. The number of esters is 1. The van der Waals surface area contributed by atoms with Crippen LogP contribution < -0.4 is 0 Å². The summed E-state index contributed by atoms with van der Waals surface area (Å²) in [4.78, 5) is 16.3. The maximum absolute atomic E-state index is 12.4. The normalized spacial score (nSPS) is 20.2. The van der Waals surface area contributed by atoms with Crippen molar-refractivity contribution in [3.8, 4) is 5.69 Å². The maximum Gasteiger partial charge on any atom is 0.310 e. The number of hydrogen-bond donors (Lipinski definition) is 0. The van der Waals surface area contributed by atoms with Gasteiger partial charge in [-0.3, -0.25) is 9.48 Å². The molecule has 25 heavy (non-hydrogen) atoms. The van der Waals surface area contributed by atoms with Crippen molar-refractivity contribution in [1.82, 2.24) is 24.5 Å². The first-order valence-electron chi connectivity index (χ1n) is 8.26. The molecule has 0 bridgehead atoms. The Hall–Kier alpha value is -2.96. The minimum atomic E-state index is -0.285. The zero-order valence-corrected chi connectivity index (χ0v) is 14.1. The van der Waals surface area contributed by atoms with E-state index in [-0.39, 0.29) is 23.9 Å². The standard InChI is InChI=1S/C18H19N5O2/c1-12(13-3-5-15(6-4-13)23-11-19-10-21-23)25-18(24)17-7-16(17)14-8-20-22(2)9-14/h3-6,8-12,16-17H,7H2,1-2H3/t12-,16+,17+/m0/s1. The molecule has 1 aromatic carbocycles. The Bertz CT molecular complexity index is 869. The van der Waals surface area contributed by atoms with Crippen LogP contribution in [0.1, 0.15) is 36.5 Å². The van der Waals surface area contributed by atoms with Crippen LogP contribution in [0.15, 0.2) is 49.3 Å². The van der Waals surface area contributed by atoms with Gasteiger partial charge in [0.1, 0.15) is 18.8 Å². The maximum atomic E-state index is 12.4. The third-order valence-corrected chi connectivity index (χ3v) is 4.58. The third-order valence-electron chi connectivity index (χ3n) is 4.58. The molecule has 128 valence electrons. The fourth-order valence-corrected chi connectivity index (χ4v) is 3.02. The highest BCUT2D eigenvalue weighted by Crippen LogP contribution is 2.48. The van der Waals surface area contributed by atoms with Crippen LogP contribution in [0.25, 0.3) is 5.69 Å². The molecule has 4 rings (SSSR count). The van der Waals surface area contributed by atoms with Gasteiger partial charge < -0.3 is 4.74 Å². The van der Waals surface area contributed by atoms with Gasteiger partial charge in [0, 0.05) is 19.2 Å². The number of benzene rings is 1. The van der Waals surface area contributed by atoms with E-state index in [1.165, 1.54) is 6.33 Å². The number of carbonyl (C=O) groups is 1. The molecule has 2 heterocycles. The fourth-order valence-electron chi connectivity index (χ4n) is 3.02. The van der Waals surface area contributed by atoms with Gasteiger partial charge in [-0.15, -0.1) is 0 Å². The molecule has 0 saturated heterocycles. The lowest BCUT2D eigenvalue weighted by atomic mass is 10.1. The van der Waals surface area contributed by atoms with Crippen LogP contribution in [0.2, 0.25) is 0 Å². The van der Waals surface area contributed by atoms with Gasteiger partial charge in [-0.05, 0) is 36.6 Å². The Kier molecular flexibility index (Phi) is 3.83. The monoisotopic (exact) mass is 337 g/mol. The van der Waals surface area contributed by atoms with Crippen LogP contribution in [-0.4, -0.2) is 30.5 Å². The molecule has 0 radical (unpaired) electrons. The average Bonchev–Trinajstić information content (AvgIpc) is 3.02. The van der Waals surface area contributed by atoms with Crippen molar-refractivity contribution in [3.63, 3.8) is 0 Å². The first kappa shape index (κ1) is 15.6. The number of aromatic nitrogens is 5. The second kappa shape index (κ2) is 6.16. The molecule has 0 amide bonds. The summed E-state index contributed by atoms with van der Waals surface area (Å²) in [7, 11) is 1.88. The van der Waals surface area contributed by atoms with Gasteiger partial charge in [0.15, 0.2) is 0 Å². The van der Waals surface area contributed by atoms with Crippen molar-refractivity contribution in [2.75, 3.05) is 0 Å². The van der Waals surface area contributed by atoms with Crippen LogP contribution in [-0.2, 0) is 16.6 Å². The van der Waals surface area contributed by atoms with E-state index in [0.29, 0.717) is 0 Å². The number of nitrogens with zero attached hydrogens (tertiary/aromatic N) is 5. The fraction of sp³-hybridized carbons (Fsp3) is 0.333. The second-order valence-electron chi connectivity index (χ2n) is 6.41. The van der Waals surface area contributed by atoms with Gasteiger partial charge in [0.2, 0.25) is 0 Å². The topological polar surface area (TPSA) is 74.8 Å². The van der Waals surface area contributed by atoms with E-state index < -0.39 is 0 Å². The highest BCUT2D eigenvalue weighted by atomic mass is 16.5. The van der Waals surface area contributed by atoms with E-state index in [9.17, 15) is 4.79 Å². The van der Waals surface area contributed by atoms with Crippen LogP contribution in [0, 0.1) is 5.92 Å². The van der Waals surface area contributed by atoms with Gasteiger partial charge in [-0.25, -0.2) is 9.67 Å². The zero-order chi connectivity index (χ0) is 17.4. The summed E-state index contributed by atoms with van der Waals surface area (Å²) in [5, 5.41) is 8.26. The number of carbonyl (C=O) groups excluding carboxylic acids is 1. The van der Waals surface area contributed by atoms with Crippen molar-refractivity contribution >= 4 is 5.97 Å². The molecule has 1 saturated carbocycles. The minimum Gasteiger partial charge on any atom is -0.458 e. The molecule has 7 heteroatoms. The highest BCUT2D eigenvalue weighted by Gasteiger charge is 2.46. The summed E-state index contributed by atoms with van der Waals surface area (Å²) in [5.74, 6) is 0.0471. The van der Waals surface area contributed by atoms with Crippen LogP contribution >= 0.6 is 0 Å². The summed E-state index contributed by atoms with van der Waals surface area (Å²) in [6.07, 6.45) is 7.47. The Morgan fingerprint density at radius 2 is 2.08 bits per heavy atom. The molecule has 0 spiro atoms. The van der Waals surface area contributed by atoms with Gasteiger partial charge >= 0.3 is 5.97 Å². The largest absolute Gasteiger partial charge is 0.458 e. The first-order chi connectivity index (χ1) is 12.1. The molecule has 0 aliphatic heterocycles. The van der Waals surface area contributed by atoms with E-state index >= 15 is 0 Å². The third kappa shape index (κ3) is 3.17. The molecular weight excluding hydrogens is 318 g/mol. The number of hydrogen-bond acceptors (Lipinski definition) is 5. The predicted octanol–water partition coefficient (Wildman–Crippen LogP) is 2.41. The molecule has 1 aliphatic rings. The molecule has 7 nitrogen and oxygen atoms in total. The van der Waals surface area contributed by atoms with Crippen molar-refractivity contribution in [2.24, 2.45) is 13.0 Å². The van der Waals surface area contributed by atoms with E-state index in [1.807, 2.05) is 50.6 Å². The number of aryl methyl sites for hydroxylation is 1. The van der Waals surface area contributed by atoms with E-state index in [4.69, 9.17) is 4.74 Å². The Balaban J connectivity index is 1.37. The SMILES string of the molecule is C[C@H](OC(=O)[C@@H]1C[C@@H]1c1cnn(C)c1)c1ccc(-n2cncn2)cc1. The van der Waals surface area contributed by atoms with Crippen molar-refractivity contribution in [1.29, 1.82) is 0 Å². The summed E-state index contributed by atoms with van der Waals surface area (Å²) in [6.45, 7) is 1.89. The van der Waals surface area contributed by atoms with Crippen molar-refractivity contribution in [2.45, 2.75) is 25.4 Å². The number of rotatable bonds is 5. The summed E-state index contributed by atoms with van der Waals surface area (Å²) in [6, 6.07) is 7.76. The molecule has 0 unspecified atom stereocenters. The predicted molar refractivity (Wildman–Crippen MR) is 89.9 cm³/mol. The quantitative estimate of drug-likeness (QED) is 0.668. The van der Waals surface area contributed by atoms with Crippen LogP contribution in [0.5, 0.6) is 0 Å². The minimum absolute atomic E-state index is 0.0546. The summed E-state index contributed by atoms with van der Waals surface area (Å²) >= 11 is 0. The summed E-state index contributed by atoms with van der Waals surface area (Å²) < 4.78 is 9.09. The molecule has 3 atom stereocenters. The van der Waals surface area contributed by atoms with Crippen molar-refractivity contribution in [3.05, 3.63) is 60.4 Å². The van der Waals surface area contributed by atoms with Crippen molar-refractivity contribution < 1.29 is 9.53 Å². The molecule has 1 aliphatic carbocycles. The van der Waals surface area contributed by atoms with Crippen LogP contribution in [0.3, 0.4) is 0 Å². The number of ether oxygens (including phenoxy) is 1. The lowest BCUT2D eigenvalue weighted by Gasteiger charge is -2.14. The average molecular weight is 337 g/mol. The van der Waals surface area contributed by atoms with Gasteiger partial charge in [-0.2, -0.15) is 10.2 Å².